The van der Waals surface area contributed by atoms with Gasteiger partial charge in [0.2, 0.25) is 0 Å². The first-order valence-electron chi connectivity index (χ1n) is 6.51. The number of nitrogens with zero attached hydrogens (tertiary/aromatic N) is 2. The molecule has 1 saturated carbocycles. The minimum absolute atomic E-state index is 0.171. The van der Waals surface area contributed by atoms with Gasteiger partial charge < -0.3 is 4.74 Å². The van der Waals surface area contributed by atoms with Gasteiger partial charge in [0.15, 0.2) is 0 Å². The lowest BCUT2D eigenvalue weighted by Gasteiger charge is -2.11. The summed E-state index contributed by atoms with van der Waals surface area (Å²) in [5, 5.41) is 21.5. The van der Waals surface area contributed by atoms with Crippen LogP contribution in [0.15, 0.2) is 18.2 Å². The lowest BCUT2D eigenvalue weighted by Crippen LogP contribution is -2.15. The van der Waals surface area contributed by atoms with E-state index in [1.165, 1.54) is 0 Å². The number of carbonyl (C=O) groups is 1. The summed E-state index contributed by atoms with van der Waals surface area (Å²) in [5.41, 5.74) is -1.18. The monoisotopic (exact) mass is 294 g/mol. The Kier molecular flexibility index (Phi) is 4.15. The van der Waals surface area contributed by atoms with Crippen molar-refractivity contribution in [3.8, 4) is 0 Å². The number of hydrogen-bond acceptors (Lipinski definition) is 6. The highest BCUT2D eigenvalue weighted by Gasteiger charge is 2.27. The molecule has 8 heteroatoms. The average molecular weight is 294 g/mol. The predicted octanol–water partition coefficient (Wildman–Crippen LogP) is 2.85. The molecule has 0 saturated heterocycles. The topological polar surface area (TPSA) is 113 Å². The van der Waals surface area contributed by atoms with Crippen molar-refractivity contribution >= 4 is 17.3 Å². The van der Waals surface area contributed by atoms with Gasteiger partial charge in [-0.3, -0.25) is 20.2 Å². The second-order valence-electron chi connectivity index (χ2n) is 5.20. The number of hydrogen-bond donors (Lipinski definition) is 0. The van der Waals surface area contributed by atoms with E-state index in [1.807, 2.05) is 6.92 Å². The Morgan fingerprint density at radius 2 is 1.71 bits per heavy atom. The lowest BCUT2D eigenvalue weighted by atomic mass is 10.1. The van der Waals surface area contributed by atoms with Crippen LogP contribution in [0.1, 0.15) is 36.5 Å². The maximum atomic E-state index is 12.0. The van der Waals surface area contributed by atoms with Crippen molar-refractivity contribution < 1.29 is 19.4 Å². The van der Waals surface area contributed by atoms with Gasteiger partial charge in [-0.1, -0.05) is 6.92 Å². The minimum Gasteiger partial charge on any atom is -0.459 e. The van der Waals surface area contributed by atoms with E-state index < -0.39 is 27.2 Å². The van der Waals surface area contributed by atoms with Crippen molar-refractivity contribution in [3.63, 3.8) is 0 Å². The lowest BCUT2D eigenvalue weighted by molar-refractivity contribution is -0.394. The second-order valence-corrected chi connectivity index (χ2v) is 5.20. The molecule has 0 bridgehead atoms. The molecule has 0 unspecified atom stereocenters. The highest BCUT2D eigenvalue weighted by atomic mass is 16.6. The van der Waals surface area contributed by atoms with E-state index >= 15 is 0 Å². The summed E-state index contributed by atoms with van der Waals surface area (Å²) >= 11 is 0. The van der Waals surface area contributed by atoms with Crippen molar-refractivity contribution in [2.75, 3.05) is 0 Å². The molecule has 0 N–H and O–H groups in total. The van der Waals surface area contributed by atoms with Crippen LogP contribution in [-0.4, -0.2) is 21.9 Å². The van der Waals surface area contributed by atoms with Crippen LogP contribution < -0.4 is 0 Å². The zero-order chi connectivity index (χ0) is 15.6. The van der Waals surface area contributed by atoms with Crippen molar-refractivity contribution in [1.29, 1.82) is 0 Å². The third kappa shape index (κ3) is 3.53. The molecule has 1 aliphatic carbocycles. The van der Waals surface area contributed by atoms with Gasteiger partial charge >= 0.3 is 5.97 Å². The first-order valence-corrected chi connectivity index (χ1v) is 6.51. The third-order valence-electron chi connectivity index (χ3n) is 3.48. The van der Waals surface area contributed by atoms with Crippen LogP contribution in [-0.2, 0) is 4.74 Å². The molecule has 1 aromatic carbocycles. The number of ether oxygens (including phenoxy) is 1. The number of rotatable bonds is 4. The number of benzene rings is 1. The SMILES string of the molecule is C[C@H]1CC[C@H](OC(=O)c2cc([N+](=O)[O-])cc([N+](=O)[O-])c2)C1. The maximum Gasteiger partial charge on any atom is 0.338 e. The number of nitro benzene ring substituents is 2. The van der Waals surface area contributed by atoms with Gasteiger partial charge in [0.1, 0.15) is 6.10 Å². The molecular weight excluding hydrogens is 280 g/mol. The Hall–Kier alpha value is -2.51. The van der Waals surface area contributed by atoms with Gasteiger partial charge in [-0.25, -0.2) is 4.79 Å². The van der Waals surface area contributed by atoms with Gasteiger partial charge in [-0.05, 0) is 25.2 Å². The van der Waals surface area contributed by atoms with Gasteiger partial charge in [-0.15, -0.1) is 0 Å². The molecule has 1 fully saturated rings. The Bertz CT molecular complexity index is 568. The van der Waals surface area contributed by atoms with Crippen LogP contribution in [0.3, 0.4) is 0 Å². The fourth-order valence-electron chi connectivity index (χ4n) is 2.41. The van der Waals surface area contributed by atoms with Crippen LogP contribution >= 0.6 is 0 Å². The molecule has 21 heavy (non-hydrogen) atoms. The number of carbonyl (C=O) groups excluding carboxylic acids is 1. The summed E-state index contributed by atoms with van der Waals surface area (Å²) in [6.45, 7) is 2.05. The minimum atomic E-state index is -0.776. The third-order valence-corrected chi connectivity index (χ3v) is 3.48. The van der Waals surface area contributed by atoms with Crippen LogP contribution in [0.2, 0.25) is 0 Å². The van der Waals surface area contributed by atoms with Crippen molar-refractivity contribution in [2.24, 2.45) is 5.92 Å². The Labute approximate surface area is 120 Å². The largest absolute Gasteiger partial charge is 0.459 e. The normalized spacial score (nSPS) is 21.0. The second kappa shape index (κ2) is 5.86. The van der Waals surface area contributed by atoms with E-state index in [0.717, 1.165) is 37.5 Å². The van der Waals surface area contributed by atoms with Crippen LogP contribution in [0, 0.1) is 26.1 Å². The highest BCUT2D eigenvalue weighted by molar-refractivity contribution is 5.91. The molecule has 2 atom stereocenters. The molecule has 0 spiro atoms. The molecule has 112 valence electrons. The van der Waals surface area contributed by atoms with Crippen molar-refractivity contribution in [3.05, 3.63) is 44.0 Å². The molecule has 1 aliphatic rings. The Morgan fingerprint density at radius 3 is 2.14 bits per heavy atom. The molecule has 2 rings (SSSR count). The van der Waals surface area contributed by atoms with Gasteiger partial charge in [0, 0.05) is 12.1 Å². The number of non-ortho nitro benzene ring substituents is 2. The Morgan fingerprint density at radius 1 is 1.14 bits per heavy atom. The molecule has 0 amide bonds. The molecule has 0 radical (unpaired) electrons. The number of esters is 1. The van der Waals surface area contributed by atoms with Gasteiger partial charge in [0.05, 0.1) is 21.5 Å². The zero-order valence-electron chi connectivity index (χ0n) is 11.4. The van der Waals surface area contributed by atoms with Crippen molar-refractivity contribution in [2.45, 2.75) is 32.3 Å². The molecular formula is C13H14N2O6. The van der Waals surface area contributed by atoms with E-state index in [-0.39, 0.29) is 11.7 Å². The smallest absolute Gasteiger partial charge is 0.338 e. The average Bonchev–Trinajstić information content (AvgIpc) is 2.83. The highest BCUT2D eigenvalue weighted by Crippen LogP contribution is 2.29. The summed E-state index contributed by atoms with van der Waals surface area (Å²) in [5.74, 6) is -0.303. The Balaban J connectivity index is 2.23. The first-order chi connectivity index (χ1) is 9.86. The van der Waals surface area contributed by atoms with E-state index in [9.17, 15) is 25.0 Å². The van der Waals surface area contributed by atoms with E-state index in [0.29, 0.717) is 5.92 Å². The number of nitro groups is 2. The molecule has 0 aliphatic heterocycles. The molecule has 0 aromatic heterocycles. The molecule has 1 aromatic rings. The summed E-state index contributed by atoms with van der Waals surface area (Å²) in [7, 11) is 0. The first kappa shape index (κ1) is 14.9. The zero-order valence-corrected chi connectivity index (χ0v) is 11.4. The van der Waals surface area contributed by atoms with E-state index in [2.05, 4.69) is 0 Å². The molecule has 8 nitrogen and oxygen atoms in total. The van der Waals surface area contributed by atoms with Gasteiger partial charge in [0.25, 0.3) is 11.4 Å². The fourth-order valence-corrected chi connectivity index (χ4v) is 2.41. The maximum absolute atomic E-state index is 12.0. The van der Waals surface area contributed by atoms with Crippen LogP contribution in [0.25, 0.3) is 0 Å². The predicted molar refractivity (Wildman–Crippen MR) is 72.0 cm³/mol. The van der Waals surface area contributed by atoms with Gasteiger partial charge in [-0.2, -0.15) is 0 Å². The quantitative estimate of drug-likeness (QED) is 0.479. The summed E-state index contributed by atoms with van der Waals surface area (Å²) in [4.78, 5) is 32.0. The fraction of sp³-hybridized carbons (Fsp3) is 0.462. The van der Waals surface area contributed by atoms with E-state index in [4.69, 9.17) is 4.74 Å². The van der Waals surface area contributed by atoms with Crippen LogP contribution in [0.4, 0.5) is 11.4 Å². The van der Waals surface area contributed by atoms with E-state index in [1.54, 1.807) is 0 Å². The van der Waals surface area contributed by atoms with Crippen molar-refractivity contribution in [1.82, 2.24) is 0 Å². The summed E-state index contributed by atoms with van der Waals surface area (Å²) < 4.78 is 5.25. The standard InChI is InChI=1S/C13H14N2O6/c1-8-2-3-12(4-8)21-13(16)9-5-10(14(17)18)7-11(6-9)15(19)20/h5-8,12H,2-4H2,1H3/t8-,12-/m0/s1. The molecule has 0 heterocycles. The summed E-state index contributed by atoms with van der Waals surface area (Å²) in [6.07, 6.45) is 2.20. The summed E-state index contributed by atoms with van der Waals surface area (Å²) in [6, 6.07) is 2.80. The van der Waals surface area contributed by atoms with Crippen LogP contribution in [0.5, 0.6) is 0 Å².